The van der Waals surface area contributed by atoms with Crippen LogP contribution < -0.4 is 0 Å². The van der Waals surface area contributed by atoms with Crippen molar-refractivity contribution in [3.8, 4) is 0 Å². The van der Waals surface area contributed by atoms with Crippen LogP contribution in [-0.2, 0) is 13.9 Å². The average molecular weight is 545 g/mol. The number of rotatable bonds is 7. The van der Waals surface area contributed by atoms with E-state index >= 15 is 0 Å². The number of allylic oxidation sites excluding steroid dienone is 1. The molecule has 4 aliphatic rings. The smallest absolute Gasteiger partial charge is 0.390 e. The summed E-state index contributed by atoms with van der Waals surface area (Å²) >= 11 is 0. The van der Waals surface area contributed by atoms with E-state index in [-0.39, 0.29) is 30.5 Å². The Balaban J connectivity index is 1.63. The Morgan fingerprint density at radius 3 is 2.32 bits per heavy atom. The van der Waals surface area contributed by atoms with Gasteiger partial charge in [0.05, 0.1) is 29.0 Å². The van der Waals surface area contributed by atoms with Gasteiger partial charge >= 0.3 is 7.82 Å². The first-order valence-corrected chi connectivity index (χ1v) is 15.1. The number of ketones is 1. The first-order valence-electron chi connectivity index (χ1n) is 13.6. The average Bonchev–Trinajstić information content (AvgIpc) is 3.00. The van der Waals surface area contributed by atoms with Crippen molar-refractivity contribution in [3.05, 3.63) is 11.6 Å². The molecular formula is C27H45O9P. The summed E-state index contributed by atoms with van der Waals surface area (Å²) in [4.78, 5) is 32.2. The molecule has 0 heterocycles. The zero-order valence-corrected chi connectivity index (χ0v) is 23.6. The lowest BCUT2D eigenvalue weighted by atomic mass is 9.45. The van der Waals surface area contributed by atoms with Gasteiger partial charge in [0.1, 0.15) is 0 Å². The van der Waals surface area contributed by atoms with Gasteiger partial charge in [-0.3, -0.25) is 9.32 Å². The highest BCUT2D eigenvalue weighted by atomic mass is 31.2. The molecule has 0 aromatic rings. The highest BCUT2D eigenvalue weighted by Crippen LogP contribution is 2.69. The topological polar surface area (TPSA) is 165 Å². The number of hydrogen-bond donors (Lipinski definition) is 6. The van der Waals surface area contributed by atoms with Gasteiger partial charge in [-0.25, -0.2) is 4.57 Å². The quantitative estimate of drug-likeness (QED) is 0.264. The van der Waals surface area contributed by atoms with Gasteiger partial charge in [0.2, 0.25) is 0 Å². The Hall–Kier alpha value is -0.640. The second-order valence-corrected chi connectivity index (χ2v) is 14.9. The zero-order valence-electron chi connectivity index (χ0n) is 22.7. The Morgan fingerprint density at radius 1 is 1.08 bits per heavy atom. The van der Waals surface area contributed by atoms with E-state index in [9.17, 15) is 39.6 Å². The Morgan fingerprint density at radius 2 is 1.73 bits per heavy atom. The second kappa shape index (κ2) is 9.20. The predicted molar refractivity (Wildman–Crippen MR) is 136 cm³/mol. The van der Waals surface area contributed by atoms with E-state index in [1.807, 2.05) is 20.8 Å². The van der Waals surface area contributed by atoms with Gasteiger partial charge in [0.15, 0.2) is 5.78 Å². The number of phosphoric acid groups is 1. The lowest BCUT2D eigenvalue weighted by Gasteiger charge is -2.60. The van der Waals surface area contributed by atoms with Crippen LogP contribution >= 0.6 is 7.82 Å². The Bertz CT molecular complexity index is 996. The molecule has 0 bridgehead atoms. The lowest BCUT2D eigenvalue weighted by Crippen LogP contribution is -2.62. The molecule has 0 amide bonds. The molecule has 3 fully saturated rings. The van der Waals surface area contributed by atoms with Crippen molar-refractivity contribution in [1.29, 1.82) is 0 Å². The van der Waals surface area contributed by atoms with Crippen molar-refractivity contribution in [2.45, 2.75) is 121 Å². The zero-order chi connectivity index (χ0) is 27.8. The van der Waals surface area contributed by atoms with Gasteiger partial charge in [0, 0.05) is 11.3 Å². The van der Waals surface area contributed by atoms with Crippen LogP contribution in [0, 0.1) is 28.6 Å². The number of carbonyl (C=O) groups excluding carboxylic acids is 1. The highest BCUT2D eigenvalue weighted by Gasteiger charge is 2.68. The number of phosphoric ester groups is 1. The van der Waals surface area contributed by atoms with Crippen LogP contribution in [0.5, 0.6) is 0 Å². The predicted octanol–water partition coefficient (Wildman–Crippen LogP) is 3.00. The molecule has 0 radical (unpaired) electrons. The van der Waals surface area contributed by atoms with Crippen LogP contribution in [0.1, 0.15) is 92.4 Å². The third kappa shape index (κ3) is 5.04. The summed E-state index contributed by atoms with van der Waals surface area (Å²) in [6.07, 6.45) is 3.43. The van der Waals surface area contributed by atoms with Crippen molar-refractivity contribution < 1.29 is 44.1 Å². The highest BCUT2D eigenvalue weighted by molar-refractivity contribution is 7.46. The molecular weight excluding hydrogens is 499 g/mol. The normalized spacial score (nSPS) is 43.9. The number of carbonyl (C=O) groups is 1. The third-order valence-corrected chi connectivity index (χ3v) is 11.1. The van der Waals surface area contributed by atoms with Crippen molar-refractivity contribution in [1.82, 2.24) is 0 Å². The first-order chi connectivity index (χ1) is 16.7. The molecule has 10 heteroatoms. The van der Waals surface area contributed by atoms with E-state index in [0.717, 1.165) is 0 Å². The van der Waals surface area contributed by atoms with Gasteiger partial charge in [0.25, 0.3) is 0 Å². The monoisotopic (exact) mass is 544 g/mol. The molecule has 0 aromatic carbocycles. The van der Waals surface area contributed by atoms with E-state index in [0.29, 0.717) is 50.5 Å². The van der Waals surface area contributed by atoms with Gasteiger partial charge in [-0.15, -0.1) is 0 Å². The maximum atomic E-state index is 13.4. The summed E-state index contributed by atoms with van der Waals surface area (Å²) < 4.78 is 16.5. The molecule has 9 atom stereocenters. The fourth-order valence-corrected chi connectivity index (χ4v) is 9.25. The van der Waals surface area contributed by atoms with Gasteiger partial charge < -0.3 is 30.2 Å². The summed E-state index contributed by atoms with van der Waals surface area (Å²) in [5.74, 6) is -1.11. The molecule has 9 nitrogen and oxygen atoms in total. The standard InChI is InChI=1S/C27H45O9P/c1-23(2,30)9-6-10-26(5,31)22-8-12-27(32)17-13-19(28)18-14-20(29)21(36-37(33,34)35)15-24(18,3)16(17)7-11-25(22,27)4/h13,16,18,20-22,29-32H,6-12,14-15H2,1-5H3,(H2,33,34,35)/t16?,18-,20-,21-,22-,24+,25+,26-,27+/m0/s1. The van der Waals surface area contributed by atoms with Crippen LogP contribution in [0.3, 0.4) is 0 Å². The summed E-state index contributed by atoms with van der Waals surface area (Å²) in [5, 5.41) is 44.5. The van der Waals surface area contributed by atoms with Crippen LogP contribution in [0.2, 0.25) is 0 Å². The van der Waals surface area contributed by atoms with E-state index in [1.165, 1.54) is 0 Å². The van der Waals surface area contributed by atoms with E-state index in [1.54, 1.807) is 19.9 Å². The SMILES string of the molecule is CC(C)(O)CCC[C@](C)(O)[C@H]1CC[C@@]2(O)C3=CC(=O)[C@@H]4C[C@H](O)[C@@H](OP(=O)(O)O)C[C@]4(C)C3CC[C@]12C. The second-order valence-electron chi connectivity index (χ2n) is 13.7. The first kappa shape index (κ1) is 29.3. The molecule has 0 saturated heterocycles. The third-order valence-electron chi connectivity index (χ3n) is 10.6. The summed E-state index contributed by atoms with van der Waals surface area (Å²) in [5.41, 5.74) is -3.90. The molecule has 37 heavy (non-hydrogen) atoms. The number of hydrogen-bond acceptors (Lipinski definition) is 7. The van der Waals surface area contributed by atoms with Gasteiger partial charge in [-0.1, -0.05) is 13.8 Å². The van der Waals surface area contributed by atoms with Crippen molar-refractivity contribution in [3.63, 3.8) is 0 Å². The molecule has 1 unspecified atom stereocenters. The molecule has 4 aliphatic carbocycles. The maximum Gasteiger partial charge on any atom is 0.469 e. The fraction of sp³-hybridized carbons (Fsp3) is 0.889. The molecule has 0 spiro atoms. The Kier molecular flexibility index (Phi) is 7.30. The van der Waals surface area contributed by atoms with Gasteiger partial charge in [-0.2, -0.15) is 0 Å². The Labute approximate surface area is 219 Å². The molecule has 0 aromatic heterocycles. The molecule has 212 valence electrons. The molecule has 0 aliphatic heterocycles. The summed E-state index contributed by atoms with van der Waals surface area (Å²) in [6.45, 7) is 9.24. The van der Waals surface area contributed by atoms with Crippen molar-refractivity contribution >= 4 is 13.6 Å². The number of aliphatic hydroxyl groups excluding tert-OH is 1. The van der Waals surface area contributed by atoms with Gasteiger partial charge in [-0.05, 0) is 107 Å². The van der Waals surface area contributed by atoms with Crippen molar-refractivity contribution in [2.24, 2.45) is 28.6 Å². The minimum absolute atomic E-state index is 0.0501. The number of aliphatic hydroxyl groups is 4. The number of fused-ring (bicyclic) bond motifs is 5. The molecule has 6 N–H and O–H groups in total. The van der Waals surface area contributed by atoms with E-state index in [4.69, 9.17) is 4.52 Å². The van der Waals surface area contributed by atoms with E-state index < -0.39 is 53.6 Å². The maximum absolute atomic E-state index is 13.4. The van der Waals surface area contributed by atoms with Crippen LogP contribution in [-0.4, -0.2) is 65.0 Å². The van der Waals surface area contributed by atoms with Crippen LogP contribution in [0.15, 0.2) is 11.6 Å². The van der Waals surface area contributed by atoms with Crippen LogP contribution in [0.4, 0.5) is 0 Å². The van der Waals surface area contributed by atoms with Crippen LogP contribution in [0.25, 0.3) is 0 Å². The largest absolute Gasteiger partial charge is 0.469 e. The summed E-state index contributed by atoms with van der Waals surface area (Å²) in [7, 11) is -4.84. The molecule has 3 saturated carbocycles. The fourth-order valence-electron chi connectivity index (χ4n) is 8.68. The van der Waals surface area contributed by atoms with E-state index in [2.05, 4.69) is 0 Å². The minimum Gasteiger partial charge on any atom is -0.390 e. The molecule has 4 rings (SSSR count). The van der Waals surface area contributed by atoms with Crippen molar-refractivity contribution in [2.75, 3.05) is 0 Å². The lowest BCUT2D eigenvalue weighted by molar-refractivity contribution is -0.159. The minimum atomic E-state index is -4.84. The summed E-state index contributed by atoms with van der Waals surface area (Å²) in [6, 6.07) is 0.